The minimum atomic E-state index is -0.419. The summed E-state index contributed by atoms with van der Waals surface area (Å²) >= 11 is 0. The number of amides is 1. The van der Waals surface area contributed by atoms with Gasteiger partial charge in [-0.05, 0) is 30.3 Å². The predicted octanol–water partition coefficient (Wildman–Crippen LogP) is 3.84. The SMILES string of the molecule is O=C(CCC(=O)n1ccc2ccccc21)Nc1cccc(F)c1. The molecular weight excluding hydrogens is 295 g/mol. The van der Waals surface area contributed by atoms with Gasteiger partial charge in [0.15, 0.2) is 0 Å². The van der Waals surface area contributed by atoms with E-state index in [0.717, 1.165) is 10.9 Å². The Labute approximate surface area is 132 Å². The van der Waals surface area contributed by atoms with Crippen LogP contribution in [-0.4, -0.2) is 16.4 Å². The van der Waals surface area contributed by atoms with Crippen LogP contribution in [0.2, 0.25) is 0 Å². The van der Waals surface area contributed by atoms with Gasteiger partial charge in [0.2, 0.25) is 11.8 Å². The van der Waals surface area contributed by atoms with E-state index >= 15 is 0 Å². The monoisotopic (exact) mass is 310 g/mol. The van der Waals surface area contributed by atoms with Crippen molar-refractivity contribution in [3.8, 4) is 0 Å². The molecule has 3 rings (SSSR count). The molecule has 0 radical (unpaired) electrons. The van der Waals surface area contributed by atoms with E-state index in [9.17, 15) is 14.0 Å². The maximum atomic E-state index is 13.1. The molecule has 116 valence electrons. The Kier molecular flexibility index (Phi) is 4.19. The summed E-state index contributed by atoms with van der Waals surface area (Å²) < 4.78 is 14.6. The van der Waals surface area contributed by atoms with E-state index in [1.165, 1.54) is 18.2 Å². The number of para-hydroxylation sites is 1. The van der Waals surface area contributed by atoms with Crippen LogP contribution < -0.4 is 5.32 Å². The van der Waals surface area contributed by atoms with Crippen LogP contribution in [0.1, 0.15) is 17.6 Å². The van der Waals surface area contributed by atoms with Gasteiger partial charge in [0, 0.05) is 30.1 Å². The standard InChI is InChI=1S/C18H15FN2O2/c19-14-5-3-6-15(12-14)20-17(22)8-9-18(23)21-11-10-13-4-1-2-7-16(13)21/h1-7,10-12H,8-9H2,(H,20,22). The third-order valence-electron chi connectivity index (χ3n) is 3.54. The van der Waals surface area contributed by atoms with E-state index in [1.54, 1.807) is 16.8 Å². The molecule has 0 unspecified atom stereocenters. The van der Waals surface area contributed by atoms with Crippen molar-refractivity contribution in [1.29, 1.82) is 0 Å². The molecule has 0 bridgehead atoms. The fraction of sp³-hybridized carbons (Fsp3) is 0.111. The number of carbonyl (C=O) groups excluding carboxylic acids is 2. The predicted molar refractivity (Wildman–Crippen MR) is 86.8 cm³/mol. The molecule has 4 nitrogen and oxygen atoms in total. The lowest BCUT2D eigenvalue weighted by atomic mass is 10.2. The van der Waals surface area contributed by atoms with Crippen molar-refractivity contribution in [2.75, 3.05) is 5.32 Å². The van der Waals surface area contributed by atoms with Gasteiger partial charge >= 0.3 is 0 Å². The maximum absolute atomic E-state index is 13.1. The minimum absolute atomic E-state index is 0.0435. The molecule has 0 aliphatic carbocycles. The van der Waals surface area contributed by atoms with Gasteiger partial charge in [-0.1, -0.05) is 24.3 Å². The third kappa shape index (κ3) is 3.45. The van der Waals surface area contributed by atoms with Crippen LogP contribution in [0.4, 0.5) is 10.1 Å². The fourth-order valence-electron chi connectivity index (χ4n) is 2.43. The summed E-state index contributed by atoms with van der Waals surface area (Å²) in [4.78, 5) is 24.1. The molecule has 2 aromatic carbocycles. The molecule has 1 N–H and O–H groups in total. The number of hydrogen-bond donors (Lipinski definition) is 1. The lowest BCUT2D eigenvalue weighted by Crippen LogP contribution is -2.16. The second-order valence-corrected chi connectivity index (χ2v) is 5.20. The Morgan fingerprint density at radius 1 is 1.00 bits per heavy atom. The second-order valence-electron chi connectivity index (χ2n) is 5.20. The Bertz CT molecular complexity index is 870. The molecule has 0 atom stereocenters. The van der Waals surface area contributed by atoms with Crippen LogP contribution in [-0.2, 0) is 4.79 Å². The number of aromatic nitrogens is 1. The summed E-state index contributed by atoms with van der Waals surface area (Å²) in [6.45, 7) is 0. The van der Waals surface area contributed by atoms with Crippen LogP contribution in [0, 0.1) is 5.82 Å². The molecule has 0 saturated heterocycles. The Balaban J connectivity index is 1.61. The van der Waals surface area contributed by atoms with Gasteiger partial charge in [-0.25, -0.2) is 4.39 Å². The topological polar surface area (TPSA) is 51.1 Å². The normalized spacial score (nSPS) is 10.7. The van der Waals surface area contributed by atoms with Gasteiger partial charge in [-0.3, -0.25) is 14.2 Å². The molecular formula is C18H15FN2O2. The van der Waals surface area contributed by atoms with Crippen LogP contribution in [0.15, 0.2) is 60.8 Å². The fourth-order valence-corrected chi connectivity index (χ4v) is 2.43. The second kappa shape index (κ2) is 6.44. The number of fused-ring (bicyclic) bond motifs is 1. The third-order valence-corrected chi connectivity index (χ3v) is 3.54. The summed E-state index contributed by atoms with van der Waals surface area (Å²) in [6, 6.07) is 15.1. The zero-order valence-electron chi connectivity index (χ0n) is 12.3. The number of halogens is 1. The number of nitrogens with one attached hydrogen (secondary N) is 1. The zero-order valence-corrected chi connectivity index (χ0v) is 12.3. The van der Waals surface area contributed by atoms with Crippen molar-refractivity contribution in [3.05, 3.63) is 66.6 Å². The van der Waals surface area contributed by atoms with Gasteiger partial charge in [0.05, 0.1) is 5.52 Å². The highest BCUT2D eigenvalue weighted by Crippen LogP contribution is 2.16. The molecule has 23 heavy (non-hydrogen) atoms. The van der Waals surface area contributed by atoms with Crippen molar-refractivity contribution in [2.45, 2.75) is 12.8 Å². The summed E-state index contributed by atoms with van der Waals surface area (Å²) in [5.74, 6) is -0.890. The number of rotatable bonds is 4. The zero-order chi connectivity index (χ0) is 16.2. The van der Waals surface area contributed by atoms with E-state index in [1.807, 2.05) is 30.3 Å². The van der Waals surface area contributed by atoms with Crippen molar-refractivity contribution < 1.29 is 14.0 Å². The average molecular weight is 310 g/mol. The molecule has 1 aromatic heterocycles. The van der Waals surface area contributed by atoms with Gasteiger partial charge in [-0.15, -0.1) is 0 Å². The van der Waals surface area contributed by atoms with Crippen molar-refractivity contribution in [2.24, 2.45) is 0 Å². The lowest BCUT2D eigenvalue weighted by Gasteiger charge is -2.06. The van der Waals surface area contributed by atoms with Gasteiger partial charge in [0.1, 0.15) is 5.82 Å². The van der Waals surface area contributed by atoms with E-state index < -0.39 is 5.82 Å². The van der Waals surface area contributed by atoms with Crippen molar-refractivity contribution in [1.82, 2.24) is 4.57 Å². The number of benzene rings is 2. The number of anilines is 1. The van der Waals surface area contributed by atoms with Crippen molar-refractivity contribution in [3.63, 3.8) is 0 Å². The van der Waals surface area contributed by atoms with Gasteiger partial charge < -0.3 is 5.32 Å². The first-order valence-corrected chi connectivity index (χ1v) is 7.28. The smallest absolute Gasteiger partial charge is 0.231 e. The first-order chi connectivity index (χ1) is 11.1. The molecule has 0 aliphatic heterocycles. The van der Waals surface area contributed by atoms with E-state index in [-0.39, 0.29) is 24.7 Å². The summed E-state index contributed by atoms with van der Waals surface area (Å²) in [7, 11) is 0. The lowest BCUT2D eigenvalue weighted by molar-refractivity contribution is -0.116. The molecule has 5 heteroatoms. The number of nitrogens with zero attached hydrogens (tertiary/aromatic N) is 1. The van der Waals surface area contributed by atoms with E-state index in [4.69, 9.17) is 0 Å². The van der Waals surface area contributed by atoms with Gasteiger partial charge in [0.25, 0.3) is 0 Å². The molecule has 1 heterocycles. The van der Waals surface area contributed by atoms with Crippen LogP contribution >= 0.6 is 0 Å². The first kappa shape index (κ1) is 15.0. The highest BCUT2D eigenvalue weighted by atomic mass is 19.1. The highest BCUT2D eigenvalue weighted by molar-refractivity contribution is 5.96. The Morgan fingerprint density at radius 2 is 1.83 bits per heavy atom. The minimum Gasteiger partial charge on any atom is -0.326 e. The van der Waals surface area contributed by atoms with Crippen LogP contribution in [0.3, 0.4) is 0 Å². The summed E-state index contributed by atoms with van der Waals surface area (Å²) in [5, 5.41) is 3.56. The summed E-state index contributed by atoms with van der Waals surface area (Å²) in [6.07, 6.45) is 1.83. The first-order valence-electron chi connectivity index (χ1n) is 7.28. The molecule has 0 saturated carbocycles. The van der Waals surface area contributed by atoms with Gasteiger partial charge in [-0.2, -0.15) is 0 Å². The molecule has 0 spiro atoms. The van der Waals surface area contributed by atoms with E-state index in [2.05, 4.69) is 5.32 Å². The highest BCUT2D eigenvalue weighted by Gasteiger charge is 2.11. The number of carbonyl (C=O) groups is 2. The molecule has 0 fully saturated rings. The molecule has 1 amide bonds. The largest absolute Gasteiger partial charge is 0.326 e. The summed E-state index contributed by atoms with van der Waals surface area (Å²) in [5.41, 5.74) is 1.21. The quantitative estimate of drug-likeness (QED) is 0.796. The Hall–Kier alpha value is -2.95. The van der Waals surface area contributed by atoms with E-state index in [0.29, 0.717) is 5.69 Å². The molecule has 3 aromatic rings. The van der Waals surface area contributed by atoms with Crippen LogP contribution in [0.5, 0.6) is 0 Å². The number of hydrogen-bond acceptors (Lipinski definition) is 2. The van der Waals surface area contributed by atoms with Crippen LogP contribution in [0.25, 0.3) is 10.9 Å². The Morgan fingerprint density at radius 3 is 2.65 bits per heavy atom. The maximum Gasteiger partial charge on any atom is 0.231 e. The molecule has 0 aliphatic rings. The van der Waals surface area contributed by atoms with Crippen molar-refractivity contribution >= 4 is 28.4 Å². The average Bonchev–Trinajstić information content (AvgIpc) is 2.97.